The summed E-state index contributed by atoms with van der Waals surface area (Å²) >= 11 is 6.11. The van der Waals surface area contributed by atoms with Crippen LogP contribution in [0.4, 0.5) is 4.39 Å². The van der Waals surface area contributed by atoms with Crippen molar-refractivity contribution in [2.24, 2.45) is 0 Å². The molecule has 25 heavy (non-hydrogen) atoms. The van der Waals surface area contributed by atoms with Crippen molar-refractivity contribution in [3.05, 3.63) is 58.9 Å². The summed E-state index contributed by atoms with van der Waals surface area (Å²) in [6.45, 7) is 1.81. The Bertz CT molecular complexity index is 777. The SMILES string of the molecule is CNC(=O)C[C@@H](C)N(C)C(=O)c1ccc(-c2cc(F)ccc2Cl)cc1. The molecule has 2 aromatic carbocycles. The second-order valence-corrected chi connectivity index (χ2v) is 6.25. The van der Waals surface area contributed by atoms with E-state index in [4.69, 9.17) is 11.6 Å². The Labute approximate surface area is 151 Å². The minimum atomic E-state index is -0.373. The van der Waals surface area contributed by atoms with Gasteiger partial charge in [0.2, 0.25) is 5.91 Å². The van der Waals surface area contributed by atoms with E-state index < -0.39 is 0 Å². The molecule has 4 nitrogen and oxygen atoms in total. The Hall–Kier alpha value is -2.40. The second kappa shape index (κ2) is 8.12. The zero-order valence-corrected chi connectivity index (χ0v) is 15.1. The molecule has 1 atom stereocenters. The molecule has 0 unspecified atom stereocenters. The van der Waals surface area contributed by atoms with E-state index >= 15 is 0 Å². The molecule has 132 valence electrons. The summed E-state index contributed by atoms with van der Waals surface area (Å²) in [5, 5.41) is 2.99. The molecule has 0 bridgehead atoms. The zero-order valence-electron chi connectivity index (χ0n) is 14.3. The molecule has 2 aromatic rings. The average Bonchev–Trinajstić information content (AvgIpc) is 2.62. The van der Waals surface area contributed by atoms with Gasteiger partial charge in [-0.15, -0.1) is 0 Å². The number of nitrogens with one attached hydrogen (secondary N) is 1. The van der Waals surface area contributed by atoms with Gasteiger partial charge in [0.15, 0.2) is 0 Å². The molecule has 0 spiro atoms. The fourth-order valence-corrected chi connectivity index (χ4v) is 2.65. The van der Waals surface area contributed by atoms with Crippen molar-refractivity contribution in [2.75, 3.05) is 14.1 Å². The quantitative estimate of drug-likeness (QED) is 0.880. The number of hydrogen-bond acceptors (Lipinski definition) is 2. The highest BCUT2D eigenvalue weighted by atomic mass is 35.5. The van der Waals surface area contributed by atoms with E-state index in [9.17, 15) is 14.0 Å². The van der Waals surface area contributed by atoms with Crippen molar-refractivity contribution in [3.8, 4) is 11.1 Å². The van der Waals surface area contributed by atoms with Gasteiger partial charge in [0.25, 0.3) is 5.91 Å². The van der Waals surface area contributed by atoms with E-state index in [0.717, 1.165) is 5.56 Å². The van der Waals surface area contributed by atoms with Crippen LogP contribution in [0.15, 0.2) is 42.5 Å². The number of nitrogens with zero attached hydrogens (tertiary/aromatic N) is 1. The van der Waals surface area contributed by atoms with E-state index in [1.165, 1.54) is 23.1 Å². The zero-order chi connectivity index (χ0) is 18.6. The highest BCUT2D eigenvalue weighted by molar-refractivity contribution is 6.33. The third-order valence-corrected chi connectivity index (χ3v) is 4.44. The van der Waals surface area contributed by atoms with Gasteiger partial charge in [-0.3, -0.25) is 9.59 Å². The molecule has 0 radical (unpaired) electrons. The number of carbonyl (C=O) groups excluding carboxylic acids is 2. The van der Waals surface area contributed by atoms with Gasteiger partial charge in [-0.1, -0.05) is 23.7 Å². The lowest BCUT2D eigenvalue weighted by Crippen LogP contribution is -2.38. The predicted octanol–water partition coefficient (Wildman–Crippen LogP) is 3.74. The number of benzene rings is 2. The van der Waals surface area contributed by atoms with Crippen LogP contribution >= 0.6 is 11.6 Å². The van der Waals surface area contributed by atoms with Crippen LogP contribution in [0.2, 0.25) is 5.02 Å². The average molecular weight is 363 g/mol. The number of rotatable bonds is 5. The fraction of sp³-hybridized carbons (Fsp3) is 0.263. The Balaban J connectivity index is 2.17. The van der Waals surface area contributed by atoms with Crippen molar-refractivity contribution in [1.29, 1.82) is 0 Å². The van der Waals surface area contributed by atoms with Gasteiger partial charge >= 0.3 is 0 Å². The minimum Gasteiger partial charge on any atom is -0.359 e. The maximum absolute atomic E-state index is 13.4. The Morgan fingerprint density at radius 3 is 2.44 bits per heavy atom. The summed E-state index contributed by atoms with van der Waals surface area (Å²) < 4.78 is 13.4. The Kier molecular flexibility index (Phi) is 6.15. The molecular weight excluding hydrogens is 343 g/mol. The monoisotopic (exact) mass is 362 g/mol. The topological polar surface area (TPSA) is 49.4 Å². The van der Waals surface area contributed by atoms with Crippen LogP contribution in [0.5, 0.6) is 0 Å². The van der Waals surface area contributed by atoms with Crippen molar-refractivity contribution < 1.29 is 14.0 Å². The first-order chi connectivity index (χ1) is 11.8. The first-order valence-electron chi connectivity index (χ1n) is 7.86. The molecular formula is C19H20ClFN2O2. The van der Waals surface area contributed by atoms with Crippen molar-refractivity contribution >= 4 is 23.4 Å². The van der Waals surface area contributed by atoms with Crippen LogP contribution in [0, 0.1) is 5.82 Å². The van der Waals surface area contributed by atoms with Crippen molar-refractivity contribution in [1.82, 2.24) is 10.2 Å². The summed E-state index contributed by atoms with van der Waals surface area (Å²) in [5.74, 6) is -0.682. The van der Waals surface area contributed by atoms with E-state index in [2.05, 4.69) is 5.32 Å². The molecule has 0 aliphatic heterocycles. The third-order valence-electron chi connectivity index (χ3n) is 4.11. The summed E-state index contributed by atoms with van der Waals surface area (Å²) in [7, 11) is 3.22. The number of hydrogen-bond donors (Lipinski definition) is 1. The van der Waals surface area contributed by atoms with Crippen LogP contribution in [-0.2, 0) is 4.79 Å². The minimum absolute atomic E-state index is 0.122. The first kappa shape index (κ1) is 18.9. The van der Waals surface area contributed by atoms with E-state index in [1.54, 1.807) is 38.4 Å². The second-order valence-electron chi connectivity index (χ2n) is 5.84. The van der Waals surface area contributed by atoms with E-state index in [0.29, 0.717) is 16.1 Å². The lowest BCUT2D eigenvalue weighted by Gasteiger charge is -2.24. The standard InChI is InChI=1S/C19H20ClFN2O2/c1-12(10-18(24)22-2)23(3)19(25)14-6-4-13(5-7-14)16-11-15(21)8-9-17(16)20/h4-9,11-12H,10H2,1-3H3,(H,22,24)/t12-/m1/s1. The maximum Gasteiger partial charge on any atom is 0.253 e. The summed E-state index contributed by atoms with van der Waals surface area (Å²) in [4.78, 5) is 25.5. The third kappa shape index (κ3) is 4.57. The highest BCUT2D eigenvalue weighted by Crippen LogP contribution is 2.29. The molecule has 0 aliphatic rings. The van der Waals surface area contributed by atoms with Crippen molar-refractivity contribution in [2.45, 2.75) is 19.4 Å². The van der Waals surface area contributed by atoms with Crippen LogP contribution in [0.25, 0.3) is 11.1 Å². The smallest absolute Gasteiger partial charge is 0.253 e. The molecule has 0 heterocycles. The summed E-state index contributed by atoms with van der Waals surface area (Å²) in [6, 6.07) is 10.7. The molecule has 2 amide bonds. The molecule has 2 rings (SSSR count). The summed E-state index contributed by atoms with van der Waals surface area (Å²) in [6.07, 6.45) is 0.232. The largest absolute Gasteiger partial charge is 0.359 e. The van der Waals surface area contributed by atoms with Gasteiger partial charge in [0, 0.05) is 42.7 Å². The van der Waals surface area contributed by atoms with Gasteiger partial charge in [0.05, 0.1) is 0 Å². The van der Waals surface area contributed by atoms with Crippen LogP contribution in [0.3, 0.4) is 0 Å². The van der Waals surface area contributed by atoms with Crippen LogP contribution in [0.1, 0.15) is 23.7 Å². The van der Waals surface area contributed by atoms with Crippen molar-refractivity contribution in [3.63, 3.8) is 0 Å². The van der Waals surface area contributed by atoms with Gasteiger partial charge in [-0.2, -0.15) is 0 Å². The van der Waals surface area contributed by atoms with Gasteiger partial charge in [-0.05, 0) is 42.8 Å². The maximum atomic E-state index is 13.4. The Morgan fingerprint density at radius 1 is 1.20 bits per heavy atom. The fourth-order valence-electron chi connectivity index (χ4n) is 2.42. The van der Waals surface area contributed by atoms with Crippen LogP contribution < -0.4 is 5.32 Å². The summed E-state index contributed by atoms with van der Waals surface area (Å²) in [5.41, 5.74) is 1.78. The number of halogens is 2. The molecule has 1 N–H and O–H groups in total. The molecule has 0 aliphatic carbocycles. The van der Waals surface area contributed by atoms with Gasteiger partial charge < -0.3 is 10.2 Å². The molecule has 6 heteroatoms. The molecule has 0 saturated heterocycles. The van der Waals surface area contributed by atoms with E-state index in [1.807, 2.05) is 6.92 Å². The Morgan fingerprint density at radius 2 is 1.84 bits per heavy atom. The number of carbonyl (C=O) groups is 2. The first-order valence-corrected chi connectivity index (χ1v) is 8.24. The van der Waals surface area contributed by atoms with Gasteiger partial charge in [-0.25, -0.2) is 4.39 Å². The molecule has 0 fully saturated rings. The lowest BCUT2D eigenvalue weighted by molar-refractivity contribution is -0.121. The predicted molar refractivity (Wildman–Crippen MR) is 97.1 cm³/mol. The molecule has 0 saturated carbocycles. The normalized spacial score (nSPS) is 11.7. The lowest BCUT2D eigenvalue weighted by atomic mass is 10.0. The van der Waals surface area contributed by atoms with Gasteiger partial charge in [0.1, 0.15) is 5.82 Å². The number of amides is 2. The molecule has 0 aromatic heterocycles. The highest BCUT2D eigenvalue weighted by Gasteiger charge is 2.19. The van der Waals surface area contributed by atoms with Crippen LogP contribution in [-0.4, -0.2) is 36.9 Å². The van der Waals surface area contributed by atoms with E-state index in [-0.39, 0.29) is 30.1 Å².